The van der Waals surface area contributed by atoms with E-state index in [1.807, 2.05) is 0 Å². The minimum absolute atomic E-state index is 0. The van der Waals surface area contributed by atoms with Crippen LogP contribution in [0.3, 0.4) is 0 Å². The molecule has 0 aliphatic heterocycles. The maximum atomic E-state index is 8.89. The maximum absolute atomic E-state index is 8.89. The molecule has 0 heterocycles. The number of carbonyl (C=O) groups is 1. The Labute approximate surface area is 42.1 Å². The van der Waals surface area contributed by atoms with Gasteiger partial charge in [0, 0.05) is 18.6 Å². The molecule has 2 nitrogen and oxygen atoms in total. The van der Waals surface area contributed by atoms with Gasteiger partial charge in [-0.15, -0.1) is 0 Å². The summed E-state index contributed by atoms with van der Waals surface area (Å²) in [5.41, 5.74) is 0. The number of hydrogen-bond acceptors (Lipinski definition) is 1. The summed E-state index contributed by atoms with van der Waals surface area (Å²) in [4.78, 5) is 8.89. The average Bonchev–Trinajstić information content (AvgIpc) is 0.811. The molecule has 3 heteroatoms. The smallest absolute Gasteiger partial charge is 0.161 e. The monoisotopic (exact) mass is 110 g/mol. The van der Waals surface area contributed by atoms with Gasteiger partial charge in [0.15, 0.2) is 5.97 Å². The normalized spacial score (nSPS) is 4.80. The maximum Gasteiger partial charge on any atom is 0.161 e. The van der Waals surface area contributed by atoms with Gasteiger partial charge in [-0.25, -0.2) is 0 Å². The van der Waals surface area contributed by atoms with Gasteiger partial charge in [0.25, 0.3) is 0 Å². The quantitative estimate of drug-likeness (QED) is 0.442. The SMILES string of the molecule is [CH2-]C(=O)O.[V]. The summed E-state index contributed by atoms with van der Waals surface area (Å²) in [7, 11) is 0. The van der Waals surface area contributed by atoms with Crippen LogP contribution in [-0.2, 0) is 23.4 Å². The van der Waals surface area contributed by atoms with Crippen LogP contribution < -0.4 is 0 Å². The third-order valence-electron chi connectivity index (χ3n) is 0. The van der Waals surface area contributed by atoms with Crippen molar-refractivity contribution in [2.45, 2.75) is 0 Å². The van der Waals surface area contributed by atoms with Crippen molar-refractivity contribution in [1.82, 2.24) is 0 Å². The van der Waals surface area contributed by atoms with Crippen molar-refractivity contribution in [3.8, 4) is 0 Å². The van der Waals surface area contributed by atoms with E-state index >= 15 is 0 Å². The van der Waals surface area contributed by atoms with Crippen LogP contribution >= 0.6 is 0 Å². The summed E-state index contributed by atoms with van der Waals surface area (Å²) in [6.07, 6.45) is 0. The van der Waals surface area contributed by atoms with E-state index < -0.39 is 5.97 Å². The van der Waals surface area contributed by atoms with E-state index in [0.717, 1.165) is 0 Å². The molecule has 0 aromatic rings. The van der Waals surface area contributed by atoms with Crippen LogP contribution in [0.25, 0.3) is 0 Å². The van der Waals surface area contributed by atoms with Gasteiger partial charge >= 0.3 is 0 Å². The first-order chi connectivity index (χ1) is 1.73. The van der Waals surface area contributed by atoms with Gasteiger partial charge in [0.2, 0.25) is 0 Å². The second-order valence-electron chi connectivity index (χ2n) is 0.394. The molecule has 0 saturated heterocycles. The second kappa shape index (κ2) is 3.92. The van der Waals surface area contributed by atoms with Crippen LogP contribution in [0.5, 0.6) is 0 Å². The van der Waals surface area contributed by atoms with Gasteiger partial charge in [-0.3, -0.25) is 11.7 Å². The Hall–Kier alpha value is -0.0756. The van der Waals surface area contributed by atoms with Gasteiger partial charge in [0.1, 0.15) is 0 Å². The zero-order valence-corrected chi connectivity index (χ0v) is 3.91. The molecule has 0 saturated carbocycles. The third kappa shape index (κ3) is 2540. The Bertz CT molecular complexity index is 30.6. The summed E-state index contributed by atoms with van der Waals surface area (Å²) < 4.78 is 0. The molecule has 1 radical (unpaired) electrons. The first kappa shape index (κ1) is 8.87. The van der Waals surface area contributed by atoms with Crippen LogP contribution in [0.15, 0.2) is 0 Å². The molecule has 0 unspecified atom stereocenters. The number of aliphatic carboxylic acids is 1. The molecule has 0 amide bonds. The number of hydrogen-bond donors (Lipinski definition) is 1. The topological polar surface area (TPSA) is 37.3 Å². The summed E-state index contributed by atoms with van der Waals surface area (Å²) in [5.74, 6) is -1.08. The van der Waals surface area contributed by atoms with Gasteiger partial charge in [-0.2, -0.15) is 0 Å². The molecule has 1 N–H and O–H groups in total. The Balaban J connectivity index is 0. The van der Waals surface area contributed by atoms with E-state index in [9.17, 15) is 0 Å². The fourth-order valence-corrected chi connectivity index (χ4v) is 0. The Morgan fingerprint density at radius 1 is 1.80 bits per heavy atom. The van der Waals surface area contributed by atoms with E-state index in [1.54, 1.807) is 0 Å². The molecule has 0 rings (SSSR count). The summed E-state index contributed by atoms with van der Waals surface area (Å²) in [6.45, 7) is 2.56. The average molecular weight is 110 g/mol. The molecule has 0 atom stereocenters. The predicted molar refractivity (Wildman–Crippen MR) is 13.0 cm³/mol. The molecular formula is C2H3O2V-. The van der Waals surface area contributed by atoms with Crippen LogP contribution in [0.1, 0.15) is 0 Å². The molecule has 0 aromatic heterocycles. The van der Waals surface area contributed by atoms with Crippen molar-refractivity contribution in [3.63, 3.8) is 0 Å². The molecule has 0 fully saturated rings. The summed E-state index contributed by atoms with van der Waals surface area (Å²) in [5, 5.41) is 7.31. The zero-order chi connectivity index (χ0) is 3.58. The van der Waals surface area contributed by atoms with Crippen molar-refractivity contribution in [2.75, 3.05) is 0 Å². The minimum atomic E-state index is -1.08. The molecule has 0 aliphatic carbocycles. The van der Waals surface area contributed by atoms with Crippen molar-refractivity contribution in [3.05, 3.63) is 6.92 Å². The van der Waals surface area contributed by atoms with Crippen molar-refractivity contribution in [2.24, 2.45) is 0 Å². The van der Waals surface area contributed by atoms with E-state index in [4.69, 9.17) is 9.90 Å². The molecule has 0 spiro atoms. The minimum Gasteiger partial charge on any atom is -0.503 e. The number of carboxylic acids is 1. The van der Waals surface area contributed by atoms with Crippen molar-refractivity contribution >= 4 is 5.97 Å². The summed E-state index contributed by atoms with van der Waals surface area (Å²) in [6, 6.07) is 0. The molecule has 29 valence electrons. The molecule has 0 aromatic carbocycles. The third-order valence-corrected chi connectivity index (χ3v) is 0. The fourth-order valence-electron chi connectivity index (χ4n) is 0. The number of rotatable bonds is 0. The van der Waals surface area contributed by atoms with Crippen LogP contribution in [0.4, 0.5) is 0 Å². The van der Waals surface area contributed by atoms with Crippen molar-refractivity contribution < 1.29 is 28.5 Å². The van der Waals surface area contributed by atoms with E-state index in [0.29, 0.717) is 0 Å². The predicted octanol–water partition coefficient (Wildman–Crippen LogP) is -0.0974. The Kier molecular flexibility index (Phi) is 6.96. The Morgan fingerprint density at radius 3 is 1.80 bits per heavy atom. The van der Waals surface area contributed by atoms with E-state index in [2.05, 4.69) is 6.92 Å². The largest absolute Gasteiger partial charge is 0.503 e. The van der Waals surface area contributed by atoms with E-state index in [-0.39, 0.29) is 18.6 Å². The second-order valence-corrected chi connectivity index (χ2v) is 0.394. The van der Waals surface area contributed by atoms with Gasteiger partial charge < -0.3 is 5.11 Å². The first-order valence-corrected chi connectivity index (χ1v) is 0.781. The molecule has 0 bridgehead atoms. The van der Waals surface area contributed by atoms with Crippen LogP contribution in [0.2, 0.25) is 0 Å². The van der Waals surface area contributed by atoms with Crippen LogP contribution in [0, 0.1) is 6.92 Å². The summed E-state index contributed by atoms with van der Waals surface area (Å²) >= 11 is 0. The molecule has 5 heavy (non-hydrogen) atoms. The van der Waals surface area contributed by atoms with Gasteiger partial charge in [-0.05, 0) is 0 Å². The molecule has 0 aliphatic rings. The molecular weight excluding hydrogens is 107 g/mol. The Morgan fingerprint density at radius 2 is 1.80 bits per heavy atom. The number of carboxylic acid groups (broad SMARTS) is 1. The van der Waals surface area contributed by atoms with E-state index in [1.165, 1.54) is 0 Å². The van der Waals surface area contributed by atoms with Gasteiger partial charge in [-0.1, -0.05) is 0 Å². The fraction of sp³-hybridized carbons (Fsp3) is 0. The van der Waals surface area contributed by atoms with Gasteiger partial charge in [0.05, 0.1) is 0 Å². The standard InChI is InChI=1S/C2H3O2.V/c1-2(3)4;/h1H2,(H,3,4);/q-1;. The first-order valence-electron chi connectivity index (χ1n) is 0.781. The van der Waals surface area contributed by atoms with Crippen LogP contribution in [-0.4, -0.2) is 11.1 Å². The zero-order valence-electron chi connectivity index (χ0n) is 2.51. The van der Waals surface area contributed by atoms with Crippen molar-refractivity contribution in [1.29, 1.82) is 0 Å².